The molecule has 0 atom stereocenters. The lowest BCUT2D eigenvalue weighted by atomic mass is 9.96. The summed E-state index contributed by atoms with van der Waals surface area (Å²) in [6.45, 7) is 5.91. The molecule has 0 aliphatic carbocycles. The van der Waals surface area contributed by atoms with E-state index in [0.717, 1.165) is 28.1 Å². The van der Waals surface area contributed by atoms with Gasteiger partial charge in [0.2, 0.25) is 5.91 Å². The summed E-state index contributed by atoms with van der Waals surface area (Å²) in [5.41, 5.74) is 9.99. The fourth-order valence-electron chi connectivity index (χ4n) is 5.15. The van der Waals surface area contributed by atoms with Crippen LogP contribution in [0, 0.1) is 0 Å². The highest BCUT2D eigenvalue weighted by molar-refractivity contribution is 6.03. The van der Waals surface area contributed by atoms with E-state index in [2.05, 4.69) is 25.4 Å². The largest absolute Gasteiger partial charge is 0.382 e. The van der Waals surface area contributed by atoms with Crippen LogP contribution in [0.5, 0.6) is 0 Å². The Hall–Kier alpha value is -5.13. The summed E-state index contributed by atoms with van der Waals surface area (Å²) < 4.78 is 3.38. The molecule has 1 fully saturated rings. The Bertz CT molecular complexity index is 1720. The predicted molar refractivity (Wildman–Crippen MR) is 145 cm³/mol. The van der Waals surface area contributed by atoms with Crippen LogP contribution in [0.15, 0.2) is 67.4 Å². The van der Waals surface area contributed by atoms with Gasteiger partial charge >= 0.3 is 0 Å². The number of hydrogen-bond donors (Lipinski definition) is 1. The maximum atomic E-state index is 13.4. The van der Waals surface area contributed by atoms with E-state index in [-0.39, 0.29) is 11.8 Å². The fraction of sp³-hybridized carbons (Fsp3) is 0.222. The lowest BCUT2D eigenvalue weighted by Crippen LogP contribution is -2.64. The van der Waals surface area contributed by atoms with E-state index in [9.17, 15) is 9.59 Å². The van der Waals surface area contributed by atoms with E-state index in [1.807, 2.05) is 42.6 Å². The smallest absolute Gasteiger partial charge is 0.252 e. The molecule has 1 saturated heterocycles. The van der Waals surface area contributed by atoms with Gasteiger partial charge in [0, 0.05) is 54.8 Å². The number of rotatable bonds is 4. The van der Waals surface area contributed by atoms with E-state index >= 15 is 0 Å². The topological polar surface area (TPSA) is 140 Å². The molecule has 2 amide bonds. The number of nitrogen functional groups attached to an aromatic ring is 1. The monoisotopic (exact) mass is 522 g/mol. The number of fused-ring (bicyclic) bond motifs is 1. The number of hydrogen-bond acceptors (Lipinski definition) is 8. The highest BCUT2D eigenvalue weighted by atomic mass is 16.2. The van der Waals surface area contributed by atoms with Gasteiger partial charge in [0.25, 0.3) is 5.91 Å². The quantitative estimate of drug-likeness (QED) is 0.380. The predicted octanol–water partition coefficient (Wildman–Crippen LogP) is 2.59. The summed E-state index contributed by atoms with van der Waals surface area (Å²) in [5, 5.41) is 17.0. The molecule has 0 saturated carbocycles. The van der Waals surface area contributed by atoms with Crippen molar-refractivity contribution < 1.29 is 9.59 Å². The molecule has 12 nitrogen and oxygen atoms in total. The van der Waals surface area contributed by atoms with E-state index in [0.29, 0.717) is 30.2 Å². The van der Waals surface area contributed by atoms with Crippen molar-refractivity contribution in [2.45, 2.75) is 26.3 Å². The number of anilines is 2. The second-order valence-electron chi connectivity index (χ2n) is 9.84. The summed E-state index contributed by atoms with van der Waals surface area (Å²) in [5.74, 6) is 0.660. The van der Waals surface area contributed by atoms with Crippen molar-refractivity contribution in [2.24, 2.45) is 0 Å². The van der Waals surface area contributed by atoms with Gasteiger partial charge in [-0.1, -0.05) is 12.1 Å². The van der Waals surface area contributed by atoms with Crippen LogP contribution in [0.1, 0.15) is 20.8 Å². The van der Waals surface area contributed by atoms with Crippen molar-refractivity contribution >= 4 is 28.8 Å². The summed E-state index contributed by atoms with van der Waals surface area (Å²) in [7, 11) is 0. The maximum absolute atomic E-state index is 13.4. The lowest BCUT2D eigenvalue weighted by molar-refractivity contribution is -0.145. The lowest BCUT2D eigenvalue weighted by Gasteiger charge is -2.45. The SMILES string of the molecule is CC(=O)N1CCN(c2cccc(-c3cc(-c4cnn(-c5cccnn5)c4)c4c(N)ncnn34)c2)C(=O)C1(C)C. The van der Waals surface area contributed by atoms with Crippen molar-refractivity contribution in [3.8, 4) is 28.2 Å². The van der Waals surface area contributed by atoms with Crippen LogP contribution in [0.2, 0.25) is 0 Å². The number of carbonyl (C=O) groups excluding carboxylic acids is 2. The zero-order valence-electron chi connectivity index (χ0n) is 21.7. The van der Waals surface area contributed by atoms with Crippen LogP contribution in [-0.4, -0.2) is 69.9 Å². The van der Waals surface area contributed by atoms with Crippen LogP contribution in [0.25, 0.3) is 33.7 Å². The number of nitrogens with two attached hydrogens (primary N) is 1. The molecule has 2 N–H and O–H groups in total. The first-order valence-electron chi connectivity index (χ1n) is 12.4. The van der Waals surface area contributed by atoms with Crippen LogP contribution in [-0.2, 0) is 9.59 Å². The van der Waals surface area contributed by atoms with E-state index in [1.54, 1.807) is 51.3 Å². The molecular formula is C27H26N10O2. The third-order valence-electron chi connectivity index (χ3n) is 7.09. The minimum atomic E-state index is -0.944. The summed E-state index contributed by atoms with van der Waals surface area (Å²) in [6, 6.07) is 13.3. The molecule has 196 valence electrons. The molecule has 4 aromatic heterocycles. The molecule has 39 heavy (non-hydrogen) atoms. The molecule has 0 bridgehead atoms. The van der Waals surface area contributed by atoms with Gasteiger partial charge in [-0.2, -0.15) is 15.3 Å². The van der Waals surface area contributed by atoms with Crippen molar-refractivity contribution in [3.05, 3.63) is 67.4 Å². The summed E-state index contributed by atoms with van der Waals surface area (Å²) in [6.07, 6.45) is 6.59. The van der Waals surface area contributed by atoms with Gasteiger partial charge in [-0.05, 0) is 44.2 Å². The molecular weight excluding hydrogens is 496 g/mol. The Balaban J connectivity index is 1.42. The second kappa shape index (κ2) is 9.01. The second-order valence-corrected chi connectivity index (χ2v) is 9.84. The van der Waals surface area contributed by atoms with Crippen LogP contribution in [0.4, 0.5) is 11.5 Å². The van der Waals surface area contributed by atoms with Crippen LogP contribution < -0.4 is 10.6 Å². The van der Waals surface area contributed by atoms with E-state index in [4.69, 9.17) is 5.73 Å². The van der Waals surface area contributed by atoms with Crippen LogP contribution in [0.3, 0.4) is 0 Å². The molecule has 1 aromatic carbocycles. The average molecular weight is 523 g/mol. The number of piperazine rings is 1. The Morgan fingerprint density at radius 1 is 1.05 bits per heavy atom. The zero-order valence-corrected chi connectivity index (χ0v) is 21.7. The number of carbonyl (C=O) groups is 2. The number of benzene rings is 1. The molecule has 1 aliphatic heterocycles. The fourth-order valence-corrected chi connectivity index (χ4v) is 5.15. The maximum Gasteiger partial charge on any atom is 0.252 e. The van der Waals surface area contributed by atoms with Gasteiger partial charge in [0.15, 0.2) is 11.6 Å². The molecule has 12 heteroatoms. The van der Waals surface area contributed by atoms with Gasteiger partial charge in [0.1, 0.15) is 17.4 Å². The molecule has 1 aliphatic rings. The minimum Gasteiger partial charge on any atom is -0.382 e. The summed E-state index contributed by atoms with van der Waals surface area (Å²) in [4.78, 5) is 33.1. The Morgan fingerprint density at radius 2 is 1.90 bits per heavy atom. The Morgan fingerprint density at radius 3 is 2.67 bits per heavy atom. The van der Waals surface area contributed by atoms with Gasteiger partial charge in [-0.15, -0.1) is 5.10 Å². The molecule has 5 aromatic rings. The van der Waals surface area contributed by atoms with E-state index < -0.39 is 5.54 Å². The molecule has 0 spiro atoms. The molecule has 0 unspecified atom stereocenters. The van der Waals surface area contributed by atoms with Crippen LogP contribution >= 0.6 is 0 Å². The van der Waals surface area contributed by atoms with E-state index in [1.165, 1.54) is 13.3 Å². The number of amides is 2. The third kappa shape index (κ3) is 3.97. The highest BCUT2D eigenvalue weighted by Crippen LogP contribution is 2.36. The van der Waals surface area contributed by atoms with Gasteiger partial charge in [0.05, 0.1) is 11.9 Å². The molecule has 0 radical (unpaired) electrons. The first kappa shape index (κ1) is 24.2. The average Bonchev–Trinajstić information content (AvgIpc) is 3.57. The molecule has 6 rings (SSSR count). The first-order chi connectivity index (χ1) is 18.8. The summed E-state index contributed by atoms with van der Waals surface area (Å²) >= 11 is 0. The van der Waals surface area contributed by atoms with Crippen molar-refractivity contribution in [1.29, 1.82) is 0 Å². The number of nitrogens with zero attached hydrogens (tertiary/aromatic N) is 9. The minimum absolute atomic E-state index is 0.117. The van der Waals surface area contributed by atoms with Gasteiger partial charge in [-0.25, -0.2) is 14.2 Å². The van der Waals surface area contributed by atoms with Crippen molar-refractivity contribution in [3.63, 3.8) is 0 Å². The Kier molecular flexibility index (Phi) is 5.60. The Labute approximate surface area is 223 Å². The first-order valence-corrected chi connectivity index (χ1v) is 12.4. The van der Waals surface area contributed by atoms with Gasteiger partial charge < -0.3 is 15.5 Å². The normalized spacial score (nSPS) is 15.2. The van der Waals surface area contributed by atoms with Crippen molar-refractivity contribution in [2.75, 3.05) is 23.7 Å². The number of aromatic nitrogens is 7. The van der Waals surface area contributed by atoms with Gasteiger partial charge in [-0.3, -0.25) is 9.59 Å². The molecule has 5 heterocycles. The van der Waals surface area contributed by atoms with Crippen molar-refractivity contribution in [1.82, 2.24) is 39.5 Å². The highest BCUT2D eigenvalue weighted by Gasteiger charge is 2.43. The standard InChI is InChI=1S/C27H26N10O2/c1-17(38)35-11-10-34(26(39)27(35,2)3)20-7-4-6-18(12-20)22-13-21(24-25(28)29-16-32-37(22)24)19-14-31-36(15-19)23-8-5-9-30-33-23/h4-9,12-16H,10-11H2,1-3H3,(H2,28,29,32). The third-order valence-corrected chi connectivity index (χ3v) is 7.09. The zero-order chi connectivity index (χ0) is 27.3.